The molecule has 1 unspecified atom stereocenters. The van der Waals surface area contributed by atoms with E-state index in [2.05, 4.69) is 15.2 Å². The SMILES string of the molecule is CC(=O)NCC1CCCN(c2cccc(C(=O)O)n2)C1. The molecular weight excluding hydrogens is 258 g/mol. The highest BCUT2D eigenvalue weighted by atomic mass is 16.4. The van der Waals surface area contributed by atoms with Gasteiger partial charge < -0.3 is 15.3 Å². The molecule has 0 aromatic carbocycles. The molecule has 2 rings (SSSR count). The zero-order chi connectivity index (χ0) is 14.5. The molecule has 108 valence electrons. The predicted octanol–water partition coefficient (Wildman–Crippen LogP) is 1.13. The van der Waals surface area contributed by atoms with E-state index in [9.17, 15) is 9.59 Å². The zero-order valence-electron chi connectivity index (χ0n) is 11.5. The van der Waals surface area contributed by atoms with Gasteiger partial charge in [0.05, 0.1) is 0 Å². The summed E-state index contributed by atoms with van der Waals surface area (Å²) < 4.78 is 0. The van der Waals surface area contributed by atoms with Crippen LogP contribution in [0, 0.1) is 5.92 Å². The van der Waals surface area contributed by atoms with Gasteiger partial charge in [-0.2, -0.15) is 0 Å². The Bertz CT molecular complexity index is 504. The van der Waals surface area contributed by atoms with E-state index in [4.69, 9.17) is 5.11 Å². The molecule has 1 aromatic heterocycles. The van der Waals surface area contributed by atoms with Gasteiger partial charge in [-0.05, 0) is 30.9 Å². The van der Waals surface area contributed by atoms with Crippen LogP contribution >= 0.6 is 0 Å². The van der Waals surface area contributed by atoms with E-state index in [1.54, 1.807) is 6.07 Å². The molecule has 1 aliphatic rings. The van der Waals surface area contributed by atoms with Crippen LogP contribution in [-0.2, 0) is 4.79 Å². The van der Waals surface area contributed by atoms with Crippen molar-refractivity contribution in [1.82, 2.24) is 10.3 Å². The second-order valence-electron chi connectivity index (χ2n) is 5.08. The van der Waals surface area contributed by atoms with E-state index in [-0.39, 0.29) is 11.6 Å². The van der Waals surface area contributed by atoms with Crippen molar-refractivity contribution in [3.8, 4) is 0 Å². The Kier molecular flexibility index (Phi) is 4.55. The molecule has 2 heterocycles. The number of hydrogen-bond acceptors (Lipinski definition) is 4. The molecule has 0 saturated carbocycles. The highest BCUT2D eigenvalue weighted by molar-refractivity contribution is 5.85. The molecule has 0 radical (unpaired) electrons. The lowest BCUT2D eigenvalue weighted by atomic mass is 9.98. The maximum atomic E-state index is 11.0. The summed E-state index contributed by atoms with van der Waals surface area (Å²) in [6.07, 6.45) is 2.08. The Balaban J connectivity index is 2.03. The van der Waals surface area contributed by atoms with E-state index < -0.39 is 5.97 Å². The third-order valence-corrected chi connectivity index (χ3v) is 3.44. The van der Waals surface area contributed by atoms with E-state index in [1.807, 2.05) is 6.07 Å². The highest BCUT2D eigenvalue weighted by Crippen LogP contribution is 2.21. The molecule has 0 aliphatic carbocycles. The van der Waals surface area contributed by atoms with Gasteiger partial charge in [0.1, 0.15) is 5.82 Å². The Labute approximate surface area is 117 Å². The number of carboxylic acid groups (broad SMARTS) is 1. The topological polar surface area (TPSA) is 82.5 Å². The minimum atomic E-state index is -1.02. The van der Waals surface area contributed by atoms with Crippen LogP contribution in [0.4, 0.5) is 5.82 Å². The number of amides is 1. The Morgan fingerprint density at radius 3 is 3.00 bits per heavy atom. The smallest absolute Gasteiger partial charge is 0.354 e. The summed E-state index contributed by atoms with van der Waals surface area (Å²) >= 11 is 0. The Hall–Kier alpha value is -2.11. The van der Waals surface area contributed by atoms with Crippen molar-refractivity contribution in [1.29, 1.82) is 0 Å². The first-order valence-corrected chi connectivity index (χ1v) is 6.76. The molecule has 6 heteroatoms. The molecular formula is C14H19N3O3. The molecule has 1 saturated heterocycles. The van der Waals surface area contributed by atoms with E-state index >= 15 is 0 Å². The van der Waals surface area contributed by atoms with Gasteiger partial charge in [-0.15, -0.1) is 0 Å². The van der Waals surface area contributed by atoms with Gasteiger partial charge in [0.25, 0.3) is 0 Å². The summed E-state index contributed by atoms with van der Waals surface area (Å²) in [7, 11) is 0. The number of hydrogen-bond donors (Lipinski definition) is 2. The molecule has 0 bridgehead atoms. The summed E-state index contributed by atoms with van der Waals surface area (Å²) in [4.78, 5) is 28.2. The fourth-order valence-electron chi connectivity index (χ4n) is 2.45. The normalized spacial score (nSPS) is 18.6. The first-order valence-electron chi connectivity index (χ1n) is 6.76. The van der Waals surface area contributed by atoms with Crippen molar-refractivity contribution in [3.63, 3.8) is 0 Å². The second kappa shape index (κ2) is 6.36. The predicted molar refractivity (Wildman–Crippen MR) is 74.8 cm³/mol. The monoisotopic (exact) mass is 277 g/mol. The number of carbonyl (C=O) groups is 2. The fraction of sp³-hybridized carbons (Fsp3) is 0.500. The van der Waals surface area contributed by atoms with Crippen LogP contribution < -0.4 is 10.2 Å². The van der Waals surface area contributed by atoms with Gasteiger partial charge in [0.15, 0.2) is 5.69 Å². The van der Waals surface area contributed by atoms with Gasteiger partial charge >= 0.3 is 5.97 Å². The van der Waals surface area contributed by atoms with Gasteiger partial charge in [-0.1, -0.05) is 6.07 Å². The number of piperidine rings is 1. The number of aromatic carboxylic acids is 1. The molecule has 1 fully saturated rings. The van der Waals surface area contributed by atoms with Crippen LogP contribution in [0.15, 0.2) is 18.2 Å². The number of aromatic nitrogens is 1. The van der Waals surface area contributed by atoms with Crippen molar-refractivity contribution in [2.24, 2.45) is 5.92 Å². The molecule has 1 aliphatic heterocycles. The first kappa shape index (κ1) is 14.3. The van der Waals surface area contributed by atoms with Crippen LogP contribution in [0.5, 0.6) is 0 Å². The number of carbonyl (C=O) groups excluding carboxylic acids is 1. The lowest BCUT2D eigenvalue weighted by molar-refractivity contribution is -0.119. The number of nitrogens with zero attached hydrogens (tertiary/aromatic N) is 2. The largest absolute Gasteiger partial charge is 0.477 e. The lowest BCUT2D eigenvalue weighted by Crippen LogP contribution is -2.41. The number of anilines is 1. The third-order valence-electron chi connectivity index (χ3n) is 3.44. The Morgan fingerprint density at radius 1 is 1.50 bits per heavy atom. The van der Waals surface area contributed by atoms with Gasteiger partial charge in [0, 0.05) is 26.6 Å². The fourth-order valence-corrected chi connectivity index (χ4v) is 2.45. The zero-order valence-corrected chi connectivity index (χ0v) is 11.5. The first-order chi connectivity index (χ1) is 9.56. The number of carboxylic acids is 1. The van der Waals surface area contributed by atoms with Crippen molar-refractivity contribution in [2.75, 3.05) is 24.5 Å². The van der Waals surface area contributed by atoms with Gasteiger partial charge in [0.2, 0.25) is 5.91 Å². The number of pyridine rings is 1. The molecule has 20 heavy (non-hydrogen) atoms. The van der Waals surface area contributed by atoms with Crippen molar-refractivity contribution in [3.05, 3.63) is 23.9 Å². The highest BCUT2D eigenvalue weighted by Gasteiger charge is 2.21. The summed E-state index contributed by atoms with van der Waals surface area (Å²) in [5.41, 5.74) is 0.0616. The van der Waals surface area contributed by atoms with Gasteiger partial charge in [-0.25, -0.2) is 9.78 Å². The molecule has 6 nitrogen and oxygen atoms in total. The van der Waals surface area contributed by atoms with Crippen molar-refractivity contribution < 1.29 is 14.7 Å². The summed E-state index contributed by atoms with van der Waals surface area (Å²) in [6, 6.07) is 5.03. The molecule has 1 atom stereocenters. The van der Waals surface area contributed by atoms with Crippen molar-refractivity contribution >= 4 is 17.7 Å². The summed E-state index contributed by atoms with van der Waals surface area (Å²) in [6.45, 7) is 3.83. The minimum Gasteiger partial charge on any atom is -0.477 e. The van der Waals surface area contributed by atoms with E-state index in [1.165, 1.54) is 13.0 Å². The number of nitrogens with one attached hydrogen (secondary N) is 1. The van der Waals surface area contributed by atoms with Crippen molar-refractivity contribution in [2.45, 2.75) is 19.8 Å². The van der Waals surface area contributed by atoms with E-state index in [0.717, 1.165) is 25.9 Å². The molecule has 0 spiro atoms. The van der Waals surface area contributed by atoms with Crippen LogP contribution in [0.3, 0.4) is 0 Å². The van der Waals surface area contributed by atoms with E-state index in [0.29, 0.717) is 18.3 Å². The molecule has 1 amide bonds. The van der Waals surface area contributed by atoms with Gasteiger partial charge in [-0.3, -0.25) is 4.79 Å². The average molecular weight is 277 g/mol. The van der Waals surface area contributed by atoms with Crippen LogP contribution in [-0.4, -0.2) is 41.6 Å². The van der Waals surface area contributed by atoms with Crippen LogP contribution in [0.2, 0.25) is 0 Å². The average Bonchev–Trinajstić information content (AvgIpc) is 2.45. The number of rotatable bonds is 4. The van der Waals surface area contributed by atoms with Crippen LogP contribution in [0.25, 0.3) is 0 Å². The Morgan fingerprint density at radius 2 is 2.30 bits per heavy atom. The third kappa shape index (κ3) is 3.69. The second-order valence-corrected chi connectivity index (χ2v) is 5.08. The summed E-state index contributed by atoms with van der Waals surface area (Å²) in [5.74, 6) is 0.0344. The van der Waals surface area contributed by atoms with Crippen LogP contribution in [0.1, 0.15) is 30.3 Å². The standard InChI is InChI=1S/C14H19N3O3/c1-10(18)15-8-11-4-3-7-17(9-11)13-6-2-5-12(16-13)14(19)20/h2,5-6,11H,3-4,7-9H2,1H3,(H,15,18)(H,19,20). The summed E-state index contributed by atoms with van der Waals surface area (Å²) in [5, 5.41) is 11.8. The molecule has 2 N–H and O–H groups in total. The lowest BCUT2D eigenvalue weighted by Gasteiger charge is -2.33. The maximum Gasteiger partial charge on any atom is 0.354 e. The molecule has 1 aromatic rings. The quantitative estimate of drug-likeness (QED) is 0.862. The maximum absolute atomic E-state index is 11.0. The minimum absolute atomic E-state index is 0.0203.